The summed E-state index contributed by atoms with van der Waals surface area (Å²) in [7, 11) is 0. The second-order valence-electron chi connectivity index (χ2n) is 4.88. The van der Waals surface area contributed by atoms with Gasteiger partial charge in [0, 0.05) is 10.9 Å². The van der Waals surface area contributed by atoms with Crippen LogP contribution < -0.4 is 5.43 Å². The van der Waals surface area contributed by atoms with Crippen molar-refractivity contribution in [2.45, 2.75) is 0 Å². The maximum absolute atomic E-state index is 9.90. The van der Waals surface area contributed by atoms with Gasteiger partial charge in [-0.3, -0.25) is 5.43 Å². The molecule has 0 atom stereocenters. The molecule has 2 aromatic carbocycles. The van der Waals surface area contributed by atoms with E-state index in [1.165, 1.54) is 6.21 Å². The molecule has 3 aromatic rings. The first kappa shape index (κ1) is 17.3. The summed E-state index contributed by atoms with van der Waals surface area (Å²) >= 11 is 17.1. The Morgan fingerprint density at radius 2 is 1.84 bits per heavy atom. The van der Waals surface area contributed by atoms with E-state index >= 15 is 0 Å². The lowest BCUT2D eigenvalue weighted by Gasteiger charge is -2.00. The van der Waals surface area contributed by atoms with Crippen LogP contribution in [0.15, 0.2) is 57.8 Å². The fraction of sp³-hybridized carbons (Fsp3) is 0. The highest BCUT2D eigenvalue weighted by Gasteiger charge is 2.09. The number of aromatic amines is 1. The van der Waals surface area contributed by atoms with Crippen molar-refractivity contribution in [3.8, 4) is 5.88 Å². The monoisotopic (exact) mass is 391 g/mol. The molecule has 0 spiro atoms. The third kappa shape index (κ3) is 3.96. The number of thiocarbonyl (C=S) groups is 1. The van der Waals surface area contributed by atoms with Crippen LogP contribution in [-0.2, 0) is 0 Å². The van der Waals surface area contributed by atoms with Crippen LogP contribution in [0, 0.1) is 0 Å². The summed E-state index contributed by atoms with van der Waals surface area (Å²) in [6.45, 7) is 0. The number of nitrogens with zero attached hydrogens (tertiary/aromatic N) is 3. The Morgan fingerprint density at radius 3 is 2.60 bits per heavy atom. The van der Waals surface area contributed by atoms with Crippen molar-refractivity contribution >= 4 is 63.3 Å². The lowest BCUT2D eigenvalue weighted by molar-refractivity contribution is 0.459. The Morgan fingerprint density at radius 1 is 1.12 bits per heavy atom. The summed E-state index contributed by atoms with van der Waals surface area (Å²) in [6, 6.07) is 12.5. The minimum Gasteiger partial charge on any atom is -0.493 e. The zero-order valence-electron chi connectivity index (χ0n) is 12.6. The Hall–Kier alpha value is -2.48. The molecule has 0 saturated carbocycles. The van der Waals surface area contributed by atoms with Gasteiger partial charge in [-0.15, -0.1) is 10.2 Å². The summed E-state index contributed by atoms with van der Waals surface area (Å²) in [5.74, 6) is -0.0842. The maximum atomic E-state index is 9.90. The van der Waals surface area contributed by atoms with Crippen LogP contribution in [0.5, 0.6) is 5.88 Å². The molecule has 126 valence electrons. The lowest BCUT2D eigenvalue weighted by atomic mass is 10.2. The normalized spacial score (nSPS) is 11.6. The molecule has 0 fully saturated rings. The van der Waals surface area contributed by atoms with E-state index in [2.05, 4.69) is 25.7 Å². The topological polar surface area (TPSA) is 85.1 Å². The first-order valence-corrected chi connectivity index (χ1v) is 8.21. The summed E-state index contributed by atoms with van der Waals surface area (Å²) in [5, 5.41) is 23.3. The van der Waals surface area contributed by atoms with Crippen LogP contribution in [-0.4, -0.2) is 21.4 Å². The van der Waals surface area contributed by atoms with Crippen molar-refractivity contribution in [2.75, 3.05) is 0 Å². The first-order chi connectivity index (χ1) is 12.1. The average molecular weight is 392 g/mol. The zero-order valence-corrected chi connectivity index (χ0v) is 14.9. The van der Waals surface area contributed by atoms with Crippen LogP contribution in [0.25, 0.3) is 10.9 Å². The third-order valence-electron chi connectivity index (χ3n) is 3.25. The number of hydrogen-bond donors (Lipinski definition) is 3. The van der Waals surface area contributed by atoms with Crippen molar-refractivity contribution in [1.29, 1.82) is 0 Å². The number of H-pyrrole nitrogens is 1. The molecule has 1 aromatic heterocycles. The molecule has 0 amide bonds. The van der Waals surface area contributed by atoms with Crippen LogP contribution in [0.3, 0.4) is 0 Å². The van der Waals surface area contributed by atoms with Crippen LogP contribution in [0.2, 0.25) is 10.0 Å². The first-order valence-electron chi connectivity index (χ1n) is 7.04. The number of nitrogens with one attached hydrogen (secondary N) is 2. The highest BCUT2D eigenvalue weighted by molar-refractivity contribution is 7.80. The van der Waals surface area contributed by atoms with E-state index in [4.69, 9.17) is 35.4 Å². The molecule has 0 aliphatic rings. The molecule has 0 bridgehead atoms. The fourth-order valence-corrected chi connectivity index (χ4v) is 2.71. The quantitative estimate of drug-likeness (QED) is 0.249. The number of aromatic nitrogens is 1. The zero-order chi connectivity index (χ0) is 17.8. The minimum atomic E-state index is -0.0842. The predicted molar refractivity (Wildman–Crippen MR) is 104 cm³/mol. The van der Waals surface area contributed by atoms with E-state index < -0.39 is 0 Å². The molecular weight excluding hydrogens is 381 g/mol. The number of hydrazone groups is 1. The second kappa shape index (κ2) is 7.60. The molecule has 1 heterocycles. The minimum absolute atomic E-state index is 0.0177. The SMILES string of the molecule is Oc1[nH]c2ccccc2c1N=NC(=S)N/N=C/c1c(Cl)cccc1Cl. The van der Waals surface area contributed by atoms with Gasteiger partial charge >= 0.3 is 0 Å². The van der Waals surface area contributed by atoms with Gasteiger partial charge in [-0.1, -0.05) is 47.5 Å². The Bertz CT molecular complexity index is 979. The van der Waals surface area contributed by atoms with E-state index in [-0.39, 0.29) is 11.0 Å². The predicted octanol–water partition coefficient (Wildman–Crippen LogP) is 5.17. The van der Waals surface area contributed by atoms with E-state index in [0.29, 0.717) is 21.3 Å². The second-order valence-corrected chi connectivity index (χ2v) is 6.08. The Labute approximate surface area is 158 Å². The van der Waals surface area contributed by atoms with Gasteiger partial charge in [0.2, 0.25) is 11.0 Å². The smallest absolute Gasteiger partial charge is 0.234 e. The molecule has 0 aliphatic heterocycles. The van der Waals surface area contributed by atoms with Crippen molar-refractivity contribution in [2.24, 2.45) is 15.3 Å². The number of halogens is 2. The number of para-hydroxylation sites is 1. The van der Waals surface area contributed by atoms with Gasteiger partial charge in [-0.25, -0.2) is 0 Å². The van der Waals surface area contributed by atoms with E-state index in [9.17, 15) is 5.11 Å². The van der Waals surface area contributed by atoms with Crippen LogP contribution in [0.1, 0.15) is 5.56 Å². The number of benzene rings is 2. The number of aromatic hydroxyl groups is 1. The van der Waals surface area contributed by atoms with Gasteiger partial charge in [0.15, 0.2) is 5.69 Å². The van der Waals surface area contributed by atoms with E-state index in [1.807, 2.05) is 24.3 Å². The molecule has 3 N–H and O–H groups in total. The molecule has 0 aliphatic carbocycles. The highest BCUT2D eigenvalue weighted by atomic mass is 35.5. The van der Waals surface area contributed by atoms with Gasteiger partial charge in [0.1, 0.15) is 0 Å². The Kier molecular flexibility index (Phi) is 5.28. The number of azo groups is 1. The molecule has 25 heavy (non-hydrogen) atoms. The largest absolute Gasteiger partial charge is 0.493 e. The number of fused-ring (bicyclic) bond motifs is 1. The van der Waals surface area contributed by atoms with Gasteiger partial charge in [0.25, 0.3) is 0 Å². The van der Waals surface area contributed by atoms with Gasteiger partial charge in [0.05, 0.1) is 21.8 Å². The summed E-state index contributed by atoms with van der Waals surface area (Å²) in [5.41, 5.74) is 4.16. The lowest BCUT2D eigenvalue weighted by Crippen LogP contribution is -2.11. The van der Waals surface area contributed by atoms with E-state index in [0.717, 1.165) is 10.9 Å². The molecule has 0 saturated heterocycles. The molecule has 6 nitrogen and oxygen atoms in total. The number of rotatable bonds is 3. The summed E-state index contributed by atoms with van der Waals surface area (Å²) in [6.07, 6.45) is 1.44. The summed E-state index contributed by atoms with van der Waals surface area (Å²) < 4.78 is 0. The fourth-order valence-electron chi connectivity index (χ4n) is 2.12. The summed E-state index contributed by atoms with van der Waals surface area (Å²) in [4.78, 5) is 2.81. The van der Waals surface area contributed by atoms with Gasteiger partial charge in [-0.05, 0) is 30.4 Å². The van der Waals surface area contributed by atoms with E-state index in [1.54, 1.807) is 18.2 Å². The molecule has 3 rings (SSSR count). The Balaban J connectivity index is 1.71. The highest BCUT2D eigenvalue weighted by Crippen LogP contribution is 2.35. The van der Waals surface area contributed by atoms with Crippen molar-refractivity contribution in [3.63, 3.8) is 0 Å². The van der Waals surface area contributed by atoms with Crippen molar-refractivity contribution < 1.29 is 5.11 Å². The molecular formula is C16H11Cl2N5OS. The standard InChI is InChI=1S/C16H11Cl2N5OS/c17-11-5-3-6-12(18)10(11)8-19-22-16(25)23-21-14-9-4-1-2-7-13(9)20-15(14)24/h1-8,20,24H,(H,22,25)/b19-8+,23-21?. The maximum Gasteiger partial charge on any atom is 0.234 e. The number of hydrogen-bond acceptors (Lipinski definition) is 4. The molecule has 0 unspecified atom stereocenters. The average Bonchev–Trinajstić information content (AvgIpc) is 2.91. The van der Waals surface area contributed by atoms with Gasteiger partial charge < -0.3 is 10.1 Å². The van der Waals surface area contributed by atoms with Crippen LogP contribution >= 0.6 is 35.4 Å². The molecule has 9 heteroatoms. The van der Waals surface area contributed by atoms with Crippen molar-refractivity contribution in [3.05, 3.63) is 58.1 Å². The molecule has 0 radical (unpaired) electrons. The third-order valence-corrected chi connectivity index (χ3v) is 4.09. The van der Waals surface area contributed by atoms with Crippen LogP contribution in [0.4, 0.5) is 5.69 Å². The van der Waals surface area contributed by atoms with Crippen molar-refractivity contribution in [1.82, 2.24) is 10.4 Å². The van der Waals surface area contributed by atoms with Gasteiger partial charge in [-0.2, -0.15) is 5.10 Å².